The molecular weight excluding hydrogens is 643 g/mol. The van der Waals surface area contributed by atoms with E-state index in [1.54, 1.807) is 0 Å². The second-order valence-corrected chi connectivity index (χ2v) is 32.1. The number of hydrogen-bond acceptors (Lipinski definition) is 7. The van der Waals surface area contributed by atoms with Crippen molar-refractivity contribution in [2.45, 2.75) is 167 Å². The zero-order valence-electron chi connectivity index (χ0n) is 32.5. The van der Waals surface area contributed by atoms with Crippen LogP contribution in [0.25, 0.3) is 0 Å². The van der Waals surface area contributed by atoms with E-state index in [1.807, 2.05) is 35.2 Å². The first-order valence-corrected chi connectivity index (χ1v) is 26.1. The number of nitrogens with zero attached hydrogens (tertiary/aromatic N) is 1. The predicted molar refractivity (Wildman–Crippen MR) is 199 cm³/mol. The summed E-state index contributed by atoms with van der Waals surface area (Å²) in [6.07, 6.45) is -0.498. The Labute approximate surface area is 290 Å². The van der Waals surface area contributed by atoms with Crippen LogP contribution in [-0.4, -0.2) is 79.4 Å². The molecule has 8 nitrogen and oxygen atoms in total. The van der Waals surface area contributed by atoms with Crippen LogP contribution in [0.3, 0.4) is 0 Å². The van der Waals surface area contributed by atoms with E-state index in [0.717, 1.165) is 5.56 Å². The highest BCUT2D eigenvalue weighted by Crippen LogP contribution is 2.45. The molecule has 1 heterocycles. The number of carbonyl (C=O) groups is 2. The van der Waals surface area contributed by atoms with E-state index in [4.69, 9.17) is 22.8 Å². The van der Waals surface area contributed by atoms with Crippen LogP contribution in [0, 0.1) is 0 Å². The largest absolute Gasteiger partial charge is 0.466 e. The molecule has 4 atom stereocenters. The summed E-state index contributed by atoms with van der Waals surface area (Å²) in [5, 5.41) is -0.203. The highest BCUT2D eigenvalue weighted by atomic mass is 28.4. The fourth-order valence-electron chi connectivity index (χ4n) is 4.92. The molecule has 270 valence electrons. The summed E-state index contributed by atoms with van der Waals surface area (Å²) in [7, 11) is -7.06. The van der Waals surface area contributed by atoms with Crippen LogP contribution in [0.5, 0.6) is 0 Å². The lowest BCUT2D eigenvalue weighted by Gasteiger charge is -2.49. The number of benzene rings is 1. The molecule has 1 amide bonds. The van der Waals surface area contributed by atoms with E-state index in [9.17, 15) is 9.59 Å². The van der Waals surface area contributed by atoms with Gasteiger partial charge in [0.1, 0.15) is 6.61 Å². The van der Waals surface area contributed by atoms with Crippen molar-refractivity contribution < 1.29 is 32.3 Å². The van der Waals surface area contributed by atoms with Crippen LogP contribution in [0.1, 0.15) is 87.6 Å². The van der Waals surface area contributed by atoms with Gasteiger partial charge in [0.25, 0.3) is 0 Å². The lowest BCUT2D eigenvalue weighted by atomic mass is 9.99. The maximum atomic E-state index is 14.1. The molecule has 1 aliphatic rings. The van der Waals surface area contributed by atoms with Gasteiger partial charge in [-0.1, -0.05) is 92.6 Å². The average molecular weight is 710 g/mol. The topological polar surface area (TPSA) is 83.5 Å². The van der Waals surface area contributed by atoms with Crippen LogP contribution in [0.2, 0.25) is 54.4 Å². The Kier molecular flexibility index (Phi) is 13.8. The van der Waals surface area contributed by atoms with E-state index >= 15 is 0 Å². The zero-order valence-corrected chi connectivity index (χ0v) is 35.5. The first-order chi connectivity index (χ1) is 21.2. The molecule has 1 aliphatic heterocycles. The molecule has 1 aromatic rings. The van der Waals surface area contributed by atoms with E-state index in [2.05, 4.69) is 102 Å². The molecule has 0 radical (unpaired) electrons. The standard InChI is InChI=1S/C36H67NO7Si3/c1-27(38)40-25-23-30(43-46(13,14)35(5,6)7)32(44-47(15,16)36(8,9)10)31-29(42-45(11,12)34(2,3)4)22-24-37(31)33(39)41-26-28-20-18-17-19-21-28/h17-21,29-32H,22-26H2,1-16H3/t29-,30-,31+,32+/m0/s1. The van der Waals surface area contributed by atoms with Gasteiger partial charge in [-0.15, -0.1) is 0 Å². The molecule has 0 aromatic heterocycles. The van der Waals surface area contributed by atoms with Crippen molar-refractivity contribution in [2.24, 2.45) is 0 Å². The van der Waals surface area contributed by atoms with Gasteiger partial charge in [0.05, 0.1) is 31.0 Å². The third-order valence-electron chi connectivity index (χ3n) is 11.0. The van der Waals surface area contributed by atoms with Gasteiger partial charge in [0, 0.05) is 19.9 Å². The third-order valence-corrected chi connectivity index (χ3v) is 24.5. The maximum Gasteiger partial charge on any atom is 0.410 e. The van der Waals surface area contributed by atoms with E-state index < -0.39 is 43.2 Å². The number of amides is 1. The normalized spacial score (nSPS) is 19.8. The van der Waals surface area contributed by atoms with Crippen molar-refractivity contribution >= 4 is 37.0 Å². The van der Waals surface area contributed by atoms with E-state index in [1.165, 1.54) is 6.92 Å². The Morgan fingerprint density at radius 1 is 0.787 bits per heavy atom. The number of esters is 1. The van der Waals surface area contributed by atoms with E-state index in [0.29, 0.717) is 19.4 Å². The molecule has 1 saturated heterocycles. The number of carbonyl (C=O) groups excluding carboxylic acids is 2. The van der Waals surface area contributed by atoms with Gasteiger partial charge < -0.3 is 22.8 Å². The molecule has 0 bridgehead atoms. The summed E-state index contributed by atoms with van der Waals surface area (Å²) in [5.41, 5.74) is 0.931. The summed E-state index contributed by atoms with van der Waals surface area (Å²) in [6.45, 7) is 35.8. The summed E-state index contributed by atoms with van der Waals surface area (Å²) in [5.74, 6) is -0.330. The molecule has 2 rings (SSSR count). The van der Waals surface area contributed by atoms with Crippen molar-refractivity contribution in [1.82, 2.24) is 4.90 Å². The van der Waals surface area contributed by atoms with Crippen molar-refractivity contribution in [3.05, 3.63) is 35.9 Å². The monoisotopic (exact) mass is 709 g/mol. The number of rotatable bonds is 13. The van der Waals surface area contributed by atoms with Gasteiger partial charge in [0.15, 0.2) is 25.0 Å². The smallest absolute Gasteiger partial charge is 0.410 e. The van der Waals surface area contributed by atoms with Gasteiger partial charge in [-0.25, -0.2) is 4.79 Å². The molecule has 1 fully saturated rings. The van der Waals surface area contributed by atoms with Gasteiger partial charge in [0.2, 0.25) is 0 Å². The van der Waals surface area contributed by atoms with Crippen molar-refractivity contribution in [2.75, 3.05) is 13.2 Å². The number of ether oxygens (including phenoxy) is 2. The van der Waals surface area contributed by atoms with Gasteiger partial charge in [-0.3, -0.25) is 9.69 Å². The molecule has 0 saturated carbocycles. The molecule has 1 aromatic carbocycles. The third kappa shape index (κ3) is 11.3. The first kappa shape index (κ1) is 41.7. The van der Waals surface area contributed by atoms with Gasteiger partial charge in [-0.2, -0.15) is 0 Å². The van der Waals surface area contributed by atoms with Gasteiger partial charge >= 0.3 is 12.1 Å². The number of likely N-dealkylation sites (tertiary alicyclic amines) is 1. The van der Waals surface area contributed by atoms with Crippen molar-refractivity contribution in [3.8, 4) is 0 Å². The quantitative estimate of drug-likeness (QED) is 0.149. The molecule has 0 unspecified atom stereocenters. The lowest BCUT2D eigenvalue weighted by molar-refractivity contribution is -0.142. The molecule has 0 N–H and O–H groups in total. The molecule has 0 aliphatic carbocycles. The van der Waals surface area contributed by atoms with Crippen LogP contribution in [0.15, 0.2) is 30.3 Å². The minimum atomic E-state index is -2.44. The lowest BCUT2D eigenvalue weighted by Crippen LogP contribution is -2.61. The molecular formula is C36H67NO7Si3. The van der Waals surface area contributed by atoms with Gasteiger partial charge in [-0.05, 0) is 66.4 Å². The molecule has 11 heteroatoms. The Morgan fingerprint density at radius 3 is 1.79 bits per heavy atom. The van der Waals surface area contributed by atoms with E-state index in [-0.39, 0.29) is 46.5 Å². The van der Waals surface area contributed by atoms with Crippen LogP contribution >= 0.6 is 0 Å². The predicted octanol–water partition coefficient (Wildman–Crippen LogP) is 9.52. The molecule has 47 heavy (non-hydrogen) atoms. The highest BCUT2D eigenvalue weighted by Gasteiger charge is 2.54. The minimum absolute atomic E-state index is 0.0268. The molecule has 0 spiro atoms. The average Bonchev–Trinajstić information content (AvgIpc) is 3.30. The fraction of sp³-hybridized carbons (Fsp3) is 0.778. The Bertz CT molecular complexity index is 1170. The second kappa shape index (κ2) is 15.6. The van der Waals surface area contributed by atoms with Crippen molar-refractivity contribution in [1.29, 1.82) is 0 Å². The first-order valence-electron chi connectivity index (χ1n) is 17.3. The Hall–Kier alpha value is -1.51. The van der Waals surface area contributed by atoms with Crippen LogP contribution in [0.4, 0.5) is 4.79 Å². The summed E-state index contributed by atoms with van der Waals surface area (Å²) >= 11 is 0. The van der Waals surface area contributed by atoms with Crippen molar-refractivity contribution in [3.63, 3.8) is 0 Å². The maximum absolute atomic E-state index is 14.1. The fourth-order valence-corrected chi connectivity index (χ4v) is 8.98. The SMILES string of the molecule is CC(=O)OCC[C@H](O[Si](C)(C)C(C)(C)C)[C@@H](O[Si](C)(C)C(C)(C)C)[C@H]1[C@@H](O[Si](C)(C)C(C)(C)C)CCN1C(=O)OCc1ccccc1. The number of hydrogen-bond donors (Lipinski definition) is 0. The second-order valence-electron chi connectivity index (χ2n) is 17.8. The Morgan fingerprint density at radius 2 is 1.30 bits per heavy atom. The zero-order chi connectivity index (χ0) is 36.2. The van der Waals surface area contributed by atoms with Crippen LogP contribution in [-0.2, 0) is 34.2 Å². The minimum Gasteiger partial charge on any atom is -0.466 e. The summed E-state index contributed by atoms with van der Waals surface area (Å²) < 4.78 is 33.3. The summed E-state index contributed by atoms with van der Waals surface area (Å²) in [6, 6.07) is 9.30. The summed E-state index contributed by atoms with van der Waals surface area (Å²) in [4.78, 5) is 27.9. The Balaban J connectivity index is 2.74. The highest BCUT2D eigenvalue weighted by molar-refractivity contribution is 6.75. The van der Waals surface area contributed by atoms with Crippen LogP contribution < -0.4 is 0 Å².